The van der Waals surface area contributed by atoms with Gasteiger partial charge in [-0.1, -0.05) is 0 Å². The smallest absolute Gasteiger partial charge is 0.374 e. The van der Waals surface area contributed by atoms with Crippen LogP contribution in [0.2, 0.25) is 0 Å². The molecule has 0 spiro atoms. The van der Waals surface area contributed by atoms with Crippen molar-refractivity contribution in [2.24, 2.45) is 29.4 Å². The van der Waals surface area contributed by atoms with Gasteiger partial charge < -0.3 is 39.3 Å². The number of furan rings is 1. The van der Waals surface area contributed by atoms with Crippen molar-refractivity contribution in [3.05, 3.63) is 30.0 Å². The molecule has 2 aromatic rings. The number of ether oxygens (including phenoxy) is 4. The number of hydrogen-bond donors (Lipinski definition) is 2. The zero-order valence-electron chi connectivity index (χ0n) is 29.0. The molecule has 0 bridgehead atoms. The van der Waals surface area contributed by atoms with Crippen LogP contribution in [0.3, 0.4) is 0 Å². The molecule has 1 saturated heterocycles. The lowest BCUT2D eigenvalue weighted by Crippen LogP contribution is -2.50. The molecule has 272 valence electrons. The van der Waals surface area contributed by atoms with E-state index in [0.717, 1.165) is 44.9 Å². The lowest BCUT2D eigenvalue weighted by atomic mass is 9.75. The third-order valence-electron chi connectivity index (χ3n) is 10.9. The van der Waals surface area contributed by atoms with Gasteiger partial charge in [0.25, 0.3) is 0 Å². The maximum absolute atomic E-state index is 14.2. The van der Waals surface area contributed by atoms with Crippen LogP contribution in [0.1, 0.15) is 81.2 Å². The predicted molar refractivity (Wildman–Crippen MR) is 183 cm³/mol. The van der Waals surface area contributed by atoms with E-state index in [0.29, 0.717) is 74.6 Å². The fourth-order valence-electron chi connectivity index (χ4n) is 8.12. The lowest BCUT2D eigenvalue weighted by molar-refractivity contribution is -0.142. The number of nitrogens with two attached hydrogens (primary N) is 1. The number of alkyl halides is 1. The quantitative estimate of drug-likeness (QED) is 0.173. The molecule has 1 aromatic carbocycles. The summed E-state index contributed by atoms with van der Waals surface area (Å²) in [4.78, 5) is 42.7. The highest BCUT2D eigenvalue weighted by molar-refractivity contribution is 6.00. The van der Waals surface area contributed by atoms with Gasteiger partial charge in [-0.3, -0.25) is 14.0 Å². The highest BCUT2D eigenvalue weighted by Crippen LogP contribution is 2.42. The van der Waals surface area contributed by atoms with Gasteiger partial charge in [0.05, 0.1) is 32.6 Å². The number of carbonyl (C=O) groups is 3. The van der Waals surface area contributed by atoms with Crippen LogP contribution in [0.4, 0.5) is 10.1 Å². The van der Waals surface area contributed by atoms with Gasteiger partial charge in [0, 0.05) is 56.8 Å². The Morgan fingerprint density at radius 3 is 2.47 bits per heavy atom. The van der Waals surface area contributed by atoms with Gasteiger partial charge in [0.15, 0.2) is 0 Å². The summed E-state index contributed by atoms with van der Waals surface area (Å²) < 4.78 is 39.9. The van der Waals surface area contributed by atoms with Gasteiger partial charge in [-0.25, -0.2) is 4.79 Å². The van der Waals surface area contributed by atoms with Crippen LogP contribution in [0, 0.1) is 23.7 Å². The molecule has 3 atom stereocenters. The van der Waals surface area contributed by atoms with Crippen LogP contribution < -0.4 is 11.1 Å². The van der Waals surface area contributed by atoms with Crippen molar-refractivity contribution in [1.82, 2.24) is 4.90 Å². The number of esters is 1. The Hall–Kier alpha value is -3.06. The third kappa shape index (κ3) is 9.59. The van der Waals surface area contributed by atoms with E-state index in [2.05, 4.69) is 5.32 Å². The van der Waals surface area contributed by atoms with Gasteiger partial charge in [0.2, 0.25) is 17.6 Å². The Morgan fingerprint density at radius 1 is 0.980 bits per heavy atom. The first-order chi connectivity index (χ1) is 23.8. The van der Waals surface area contributed by atoms with Gasteiger partial charge in [-0.2, -0.15) is 0 Å². The van der Waals surface area contributed by atoms with Crippen LogP contribution in [-0.2, 0) is 28.5 Å². The second-order valence-electron chi connectivity index (χ2n) is 13.9. The monoisotopic (exact) mass is 687 g/mol. The van der Waals surface area contributed by atoms with E-state index in [9.17, 15) is 18.8 Å². The molecule has 3 fully saturated rings. The van der Waals surface area contributed by atoms with Crippen molar-refractivity contribution in [3.8, 4) is 0 Å². The van der Waals surface area contributed by atoms with E-state index in [1.54, 1.807) is 38.5 Å². The van der Waals surface area contributed by atoms with Crippen LogP contribution in [-0.4, -0.2) is 94.7 Å². The van der Waals surface area contributed by atoms with Crippen molar-refractivity contribution in [3.63, 3.8) is 0 Å². The standard InChI is InChI=1S/C37H54FN3O8/c1-45-20-21-47-18-3-19-48-37(44)33-23-27-22-28(10-13-32(27)49-33)40-35(42)34-30(24-8-11-29(46-2)12-9-24)15-17-41(34)36(43)26-6-4-25(5-7-26)31(39)14-16-38/h10,13,22-26,29-31,34H,3-9,11-12,14-21,39H2,1-2H3,(H,40,42)/t24?,25-,26-,29?,30-,31+,34-/m0/s1. The molecule has 12 heteroatoms. The molecule has 11 nitrogen and oxygen atoms in total. The van der Waals surface area contributed by atoms with Gasteiger partial charge in [0.1, 0.15) is 11.6 Å². The van der Waals surface area contributed by atoms with E-state index in [-0.39, 0.29) is 54.1 Å². The van der Waals surface area contributed by atoms with Crippen molar-refractivity contribution in [2.75, 3.05) is 59.2 Å². The van der Waals surface area contributed by atoms with E-state index in [4.69, 9.17) is 29.1 Å². The molecule has 5 rings (SSSR count). The summed E-state index contributed by atoms with van der Waals surface area (Å²) >= 11 is 0. The molecular formula is C37H54FN3O8. The highest BCUT2D eigenvalue weighted by Gasteiger charge is 2.47. The summed E-state index contributed by atoms with van der Waals surface area (Å²) in [6.07, 6.45) is 8.79. The minimum absolute atomic E-state index is 0.0423. The average Bonchev–Trinajstić information content (AvgIpc) is 3.76. The molecule has 3 aliphatic rings. The predicted octanol–water partition coefficient (Wildman–Crippen LogP) is 5.50. The van der Waals surface area contributed by atoms with E-state index in [1.165, 1.54) is 0 Å². The van der Waals surface area contributed by atoms with Gasteiger partial charge in [-0.15, -0.1) is 0 Å². The Bertz CT molecular complexity index is 1370. The number of amides is 2. The Morgan fingerprint density at radius 2 is 1.76 bits per heavy atom. The summed E-state index contributed by atoms with van der Waals surface area (Å²) in [6.45, 7) is 1.78. The Kier molecular flexibility index (Phi) is 13.9. The van der Waals surface area contributed by atoms with Crippen molar-refractivity contribution in [1.29, 1.82) is 0 Å². The number of methoxy groups -OCH3 is 2. The van der Waals surface area contributed by atoms with Crippen molar-refractivity contribution < 1.29 is 42.1 Å². The maximum Gasteiger partial charge on any atom is 0.374 e. The summed E-state index contributed by atoms with van der Waals surface area (Å²) in [6, 6.07) is 6.10. The molecule has 2 amide bonds. The fourth-order valence-corrected chi connectivity index (χ4v) is 8.12. The first-order valence-electron chi connectivity index (χ1n) is 18.1. The minimum atomic E-state index is -0.577. The number of anilines is 1. The molecule has 2 heterocycles. The number of nitrogens with one attached hydrogen (secondary N) is 1. The number of carbonyl (C=O) groups excluding carboxylic acids is 3. The van der Waals surface area contributed by atoms with Gasteiger partial charge in [-0.05, 0) is 106 Å². The highest BCUT2D eigenvalue weighted by atomic mass is 19.1. The van der Waals surface area contributed by atoms with Crippen LogP contribution in [0.5, 0.6) is 0 Å². The average molecular weight is 688 g/mol. The zero-order chi connectivity index (χ0) is 34.8. The maximum atomic E-state index is 14.2. The first kappa shape index (κ1) is 37.2. The number of hydrogen-bond acceptors (Lipinski definition) is 9. The van der Waals surface area contributed by atoms with Crippen molar-refractivity contribution >= 4 is 34.4 Å². The van der Waals surface area contributed by atoms with Crippen LogP contribution in [0.15, 0.2) is 28.7 Å². The molecule has 49 heavy (non-hydrogen) atoms. The molecule has 1 aliphatic heterocycles. The second-order valence-corrected chi connectivity index (χ2v) is 13.9. The second kappa shape index (κ2) is 18.3. The number of likely N-dealkylation sites (tertiary alicyclic amines) is 1. The first-order valence-corrected chi connectivity index (χ1v) is 18.1. The van der Waals surface area contributed by atoms with Crippen molar-refractivity contribution in [2.45, 2.75) is 88.8 Å². The largest absolute Gasteiger partial charge is 0.460 e. The van der Waals surface area contributed by atoms with E-state index >= 15 is 0 Å². The summed E-state index contributed by atoms with van der Waals surface area (Å²) in [5.74, 6) is -0.180. The van der Waals surface area contributed by atoms with Crippen LogP contribution in [0.25, 0.3) is 11.0 Å². The molecule has 2 saturated carbocycles. The zero-order valence-corrected chi connectivity index (χ0v) is 29.0. The minimum Gasteiger partial charge on any atom is -0.460 e. The fraction of sp³-hybridized carbons (Fsp3) is 0.703. The molecule has 1 aromatic heterocycles. The number of fused-ring (bicyclic) bond motifs is 1. The topological polar surface area (TPSA) is 143 Å². The molecular weight excluding hydrogens is 633 g/mol. The molecule has 0 unspecified atom stereocenters. The molecule has 0 radical (unpaired) electrons. The van der Waals surface area contributed by atoms with E-state index < -0.39 is 18.7 Å². The third-order valence-corrected chi connectivity index (χ3v) is 10.9. The normalized spacial score (nSPS) is 26.5. The number of nitrogens with zero attached hydrogens (tertiary/aromatic N) is 1. The van der Waals surface area contributed by atoms with E-state index in [1.807, 2.05) is 4.90 Å². The Labute approximate surface area is 288 Å². The molecule has 3 N–H and O–H groups in total. The SMILES string of the molecule is COCCOCCCOC(=O)c1cc2cc(NC(=O)[C@@H]3[C@H](C4CCC(OC)CC4)CCN3C(=O)[C@H]3CC[C@H]([C@H](N)CCF)CC3)ccc2o1. The van der Waals surface area contributed by atoms with Gasteiger partial charge >= 0.3 is 5.97 Å². The number of rotatable bonds is 16. The molecule has 2 aliphatic carbocycles. The number of benzene rings is 1. The summed E-state index contributed by atoms with van der Waals surface area (Å²) in [5.41, 5.74) is 7.28. The summed E-state index contributed by atoms with van der Waals surface area (Å²) in [5, 5.41) is 3.76. The van der Waals surface area contributed by atoms with Crippen LogP contribution >= 0.6 is 0 Å². The Balaban J connectivity index is 1.24. The number of halogens is 1. The summed E-state index contributed by atoms with van der Waals surface area (Å²) in [7, 11) is 3.36. The lowest BCUT2D eigenvalue weighted by Gasteiger charge is -2.37.